The molecular weight excluding hydrogens is 364 g/mol. The normalized spacial score (nSPS) is 20.4. The number of hydrogen-bond donors (Lipinski definition) is 4. The van der Waals surface area contributed by atoms with Crippen LogP contribution in [0.3, 0.4) is 0 Å². The van der Waals surface area contributed by atoms with Crippen LogP contribution < -0.4 is 22.9 Å². The topological polar surface area (TPSA) is 138 Å². The van der Waals surface area contributed by atoms with Crippen LogP contribution in [0.4, 0.5) is 0 Å². The summed E-state index contributed by atoms with van der Waals surface area (Å²) < 4.78 is 0. The molecule has 162 valence electrons. The highest BCUT2D eigenvalue weighted by molar-refractivity contribution is 5.98. The van der Waals surface area contributed by atoms with E-state index in [1.54, 1.807) is 6.07 Å². The van der Waals surface area contributed by atoms with Crippen LogP contribution in [0.15, 0.2) is 24.3 Å². The van der Waals surface area contributed by atoms with E-state index in [1.165, 1.54) is 76.0 Å². The van der Waals surface area contributed by atoms with Crippen molar-refractivity contribution < 1.29 is 9.59 Å². The van der Waals surface area contributed by atoms with Crippen molar-refractivity contribution in [3.05, 3.63) is 35.4 Å². The van der Waals surface area contributed by atoms with Crippen molar-refractivity contribution in [1.82, 2.24) is 0 Å². The number of carbonyl (C=O) groups excluding carboxylic acids is 2. The highest BCUT2D eigenvalue weighted by Gasteiger charge is 2.41. The zero-order chi connectivity index (χ0) is 21.7. The number of nitrogens with two attached hydrogens (primary N) is 4. The Morgan fingerprint density at radius 2 is 1.31 bits per heavy atom. The lowest BCUT2D eigenvalue weighted by Gasteiger charge is -2.46. The molecule has 0 aromatic heterocycles. The molecule has 0 unspecified atom stereocenters. The average molecular weight is 403 g/mol. The van der Waals surface area contributed by atoms with Crippen LogP contribution in [0.5, 0.6) is 0 Å². The van der Waals surface area contributed by atoms with E-state index in [-0.39, 0.29) is 11.1 Å². The zero-order valence-electron chi connectivity index (χ0n) is 18.0. The van der Waals surface area contributed by atoms with Gasteiger partial charge in [-0.3, -0.25) is 9.59 Å². The van der Waals surface area contributed by atoms with Crippen molar-refractivity contribution in [2.24, 2.45) is 40.2 Å². The Labute approximate surface area is 174 Å². The van der Waals surface area contributed by atoms with Crippen LogP contribution in [0.1, 0.15) is 92.4 Å². The summed E-state index contributed by atoms with van der Waals surface area (Å²) in [5.41, 5.74) is 23.7. The predicted molar refractivity (Wildman–Crippen MR) is 117 cm³/mol. The first-order chi connectivity index (χ1) is 13.5. The molecule has 0 bridgehead atoms. The average Bonchev–Trinajstić information content (AvgIpc) is 2.69. The summed E-state index contributed by atoms with van der Waals surface area (Å²) >= 11 is 0. The summed E-state index contributed by atoms with van der Waals surface area (Å²) in [6.07, 6.45) is 11.6. The molecule has 3 rings (SSSR count). The van der Waals surface area contributed by atoms with Crippen molar-refractivity contribution in [2.45, 2.75) is 77.3 Å². The maximum Gasteiger partial charge on any atom is 0.248 e. The lowest BCUT2D eigenvalue weighted by atomic mass is 9.65. The van der Waals surface area contributed by atoms with Gasteiger partial charge in [-0.1, -0.05) is 39.2 Å². The molecule has 2 fully saturated rings. The Morgan fingerprint density at radius 3 is 1.76 bits per heavy atom. The van der Waals surface area contributed by atoms with Gasteiger partial charge in [0.1, 0.15) is 0 Å². The lowest BCUT2D eigenvalue weighted by Crippen LogP contribution is -2.62. The molecule has 2 aliphatic rings. The minimum Gasteiger partial charge on any atom is -0.366 e. The van der Waals surface area contributed by atoms with Gasteiger partial charge in [0.05, 0.1) is 5.66 Å². The lowest BCUT2D eigenvalue weighted by molar-refractivity contribution is 0.0759. The molecule has 1 aromatic carbocycles. The third kappa shape index (κ3) is 6.54. The summed E-state index contributed by atoms with van der Waals surface area (Å²) in [6, 6.07) is 5.97. The molecular formula is C23H38N4O2. The fourth-order valence-electron chi connectivity index (χ4n) is 4.66. The Bertz CT molecular complexity index is 669. The summed E-state index contributed by atoms with van der Waals surface area (Å²) in [6.45, 7) is 4.75. The molecule has 6 nitrogen and oxygen atoms in total. The van der Waals surface area contributed by atoms with Gasteiger partial charge in [0, 0.05) is 11.1 Å². The first-order valence-electron chi connectivity index (χ1n) is 10.8. The third-order valence-corrected chi connectivity index (χ3v) is 6.79. The van der Waals surface area contributed by atoms with Crippen LogP contribution in [-0.2, 0) is 0 Å². The smallest absolute Gasteiger partial charge is 0.248 e. The van der Waals surface area contributed by atoms with Crippen molar-refractivity contribution in [3.63, 3.8) is 0 Å². The van der Waals surface area contributed by atoms with Crippen LogP contribution in [0, 0.1) is 17.3 Å². The van der Waals surface area contributed by atoms with Gasteiger partial charge in [-0.05, 0) is 74.0 Å². The third-order valence-electron chi connectivity index (χ3n) is 6.79. The summed E-state index contributed by atoms with van der Waals surface area (Å²) in [7, 11) is 0. The minimum absolute atomic E-state index is 0.284. The number of rotatable bonds is 4. The van der Waals surface area contributed by atoms with E-state index >= 15 is 0 Å². The second-order valence-electron chi connectivity index (χ2n) is 9.58. The molecule has 0 heterocycles. The van der Waals surface area contributed by atoms with Crippen LogP contribution in [0.25, 0.3) is 0 Å². The van der Waals surface area contributed by atoms with Crippen molar-refractivity contribution in [3.8, 4) is 0 Å². The van der Waals surface area contributed by atoms with Gasteiger partial charge in [-0.15, -0.1) is 0 Å². The van der Waals surface area contributed by atoms with Gasteiger partial charge in [-0.2, -0.15) is 0 Å². The van der Waals surface area contributed by atoms with Gasteiger partial charge in [0.15, 0.2) is 0 Å². The molecule has 2 saturated carbocycles. The van der Waals surface area contributed by atoms with Gasteiger partial charge in [0.2, 0.25) is 11.8 Å². The van der Waals surface area contributed by atoms with Crippen molar-refractivity contribution >= 4 is 11.8 Å². The molecule has 0 saturated heterocycles. The molecule has 6 heteroatoms. The SMILES string of the molecule is CC1(C)CCC(C(N)(N)C2CCCCC2)CC1.NC(=O)c1cccc(C(N)=O)c1. The van der Waals surface area contributed by atoms with Gasteiger partial charge < -0.3 is 22.9 Å². The molecule has 2 amide bonds. The molecule has 1 aromatic rings. The summed E-state index contributed by atoms with van der Waals surface area (Å²) in [5, 5.41) is 0. The minimum atomic E-state index is -0.571. The van der Waals surface area contributed by atoms with E-state index in [0.29, 0.717) is 17.3 Å². The molecule has 0 aliphatic heterocycles. The van der Waals surface area contributed by atoms with Crippen molar-refractivity contribution in [2.75, 3.05) is 0 Å². The van der Waals surface area contributed by atoms with E-state index in [4.69, 9.17) is 22.9 Å². The number of hydrogen-bond acceptors (Lipinski definition) is 4. The van der Waals surface area contributed by atoms with Crippen molar-refractivity contribution in [1.29, 1.82) is 0 Å². The first kappa shape index (κ1) is 23.4. The van der Waals surface area contributed by atoms with E-state index < -0.39 is 17.5 Å². The molecule has 0 atom stereocenters. The molecule has 8 N–H and O–H groups in total. The van der Waals surface area contributed by atoms with E-state index in [2.05, 4.69) is 13.8 Å². The first-order valence-corrected chi connectivity index (χ1v) is 10.8. The molecule has 29 heavy (non-hydrogen) atoms. The number of benzene rings is 1. The van der Waals surface area contributed by atoms with Gasteiger partial charge in [0.25, 0.3) is 0 Å². The Balaban J connectivity index is 0.000000221. The summed E-state index contributed by atoms with van der Waals surface area (Å²) in [4.78, 5) is 21.3. The quantitative estimate of drug-likeness (QED) is 0.574. The number of carbonyl (C=O) groups is 2. The maximum atomic E-state index is 10.6. The largest absolute Gasteiger partial charge is 0.366 e. The predicted octanol–water partition coefficient (Wildman–Crippen LogP) is 3.28. The van der Waals surface area contributed by atoms with Crippen LogP contribution >= 0.6 is 0 Å². The number of primary amides is 2. The van der Waals surface area contributed by atoms with Crippen LogP contribution in [-0.4, -0.2) is 17.5 Å². The van der Waals surface area contributed by atoms with E-state index in [1.807, 2.05) is 0 Å². The Kier molecular flexibility index (Phi) is 7.83. The monoisotopic (exact) mass is 402 g/mol. The van der Waals surface area contributed by atoms with E-state index in [0.717, 1.165) is 0 Å². The Morgan fingerprint density at radius 1 is 0.862 bits per heavy atom. The highest BCUT2D eigenvalue weighted by Crippen LogP contribution is 2.44. The zero-order valence-corrected chi connectivity index (χ0v) is 18.0. The maximum absolute atomic E-state index is 10.6. The second-order valence-corrected chi connectivity index (χ2v) is 9.58. The second kappa shape index (κ2) is 9.72. The fourth-order valence-corrected chi connectivity index (χ4v) is 4.66. The molecule has 0 radical (unpaired) electrons. The van der Waals surface area contributed by atoms with Gasteiger partial charge in [-0.25, -0.2) is 0 Å². The summed E-state index contributed by atoms with van der Waals surface area (Å²) in [5.74, 6) is -0.0164. The fraction of sp³-hybridized carbons (Fsp3) is 0.652. The van der Waals surface area contributed by atoms with Crippen LogP contribution in [0.2, 0.25) is 0 Å². The van der Waals surface area contributed by atoms with E-state index in [9.17, 15) is 9.59 Å². The standard InChI is InChI=1S/C15H30N2.C8H8N2O2/c1-14(2)10-8-13(9-11-14)15(16,17)12-6-4-3-5-7-12;9-7(11)5-2-1-3-6(4-5)8(10)12/h12-13H,3-11,16-17H2,1-2H3;1-4H,(H2,9,11)(H2,10,12). The highest BCUT2D eigenvalue weighted by atomic mass is 16.1. The molecule has 0 spiro atoms. The van der Waals surface area contributed by atoms with Gasteiger partial charge >= 0.3 is 0 Å². The number of amides is 2. The Hall–Kier alpha value is -1.92. The molecule has 2 aliphatic carbocycles.